The van der Waals surface area contributed by atoms with E-state index in [1.807, 2.05) is 37.3 Å². The maximum absolute atomic E-state index is 13.4. The molecule has 2 aromatic carbocycles. The van der Waals surface area contributed by atoms with E-state index in [1.165, 1.54) is 23.1 Å². The first-order valence-electron chi connectivity index (χ1n) is 10.9. The van der Waals surface area contributed by atoms with Gasteiger partial charge in [0.15, 0.2) is 0 Å². The molecule has 0 saturated heterocycles. The molecule has 3 aromatic rings. The summed E-state index contributed by atoms with van der Waals surface area (Å²) in [5.41, 5.74) is 2.82. The van der Waals surface area contributed by atoms with Crippen molar-refractivity contribution in [3.05, 3.63) is 71.7 Å². The summed E-state index contributed by atoms with van der Waals surface area (Å²) in [5.74, 6) is -0.282. The van der Waals surface area contributed by atoms with Gasteiger partial charge in [0.05, 0.1) is 11.4 Å². The number of likely N-dealkylation sites (N-methyl/N-ethyl adjacent to an activating group) is 1. The summed E-state index contributed by atoms with van der Waals surface area (Å²) >= 11 is 0. The number of hydrogen-bond acceptors (Lipinski definition) is 3. The van der Waals surface area contributed by atoms with E-state index in [-0.39, 0.29) is 17.9 Å². The van der Waals surface area contributed by atoms with Crippen molar-refractivity contribution in [2.24, 2.45) is 0 Å². The van der Waals surface area contributed by atoms with E-state index in [0.717, 1.165) is 16.9 Å². The fraction of sp³-hybridized carbons (Fsp3) is 0.320. The highest BCUT2D eigenvalue weighted by atomic mass is 19.1. The first-order valence-corrected chi connectivity index (χ1v) is 10.9. The van der Waals surface area contributed by atoms with Crippen molar-refractivity contribution >= 4 is 23.4 Å². The summed E-state index contributed by atoms with van der Waals surface area (Å²) in [5, 5.41) is 10.3. The first kappa shape index (κ1) is 24.0. The number of para-hydroxylation sites is 1. The van der Waals surface area contributed by atoms with Crippen molar-refractivity contribution < 1.29 is 14.0 Å². The lowest BCUT2D eigenvalue weighted by Gasteiger charge is -2.21. The Morgan fingerprint density at radius 2 is 1.79 bits per heavy atom. The van der Waals surface area contributed by atoms with Gasteiger partial charge in [-0.1, -0.05) is 45.0 Å². The number of nitrogens with one attached hydrogen (secondary N) is 2. The Balaban J connectivity index is 1.79. The number of hydrogen-bond donors (Lipinski definition) is 2. The van der Waals surface area contributed by atoms with Crippen LogP contribution < -0.4 is 10.6 Å². The van der Waals surface area contributed by atoms with E-state index in [1.54, 1.807) is 17.7 Å². The zero-order chi connectivity index (χ0) is 24.2. The molecule has 0 saturated carbocycles. The van der Waals surface area contributed by atoms with Crippen LogP contribution in [-0.4, -0.2) is 39.7 Å². The molecule has 8 heteroatoms. The van der Waals surface area contributed by atoms with Crippen molar-refractivity contribution in [1.29, 1.82) is 0 Å². The van der Waals surface area contributed by atoms with Gasteiger partial charge in [0.1, 0.15) is 18.2 Å². The first-order chi connectivity index (χ1) is 15.6. The van der Waals surface area contributed by atoms with E-state index >= 15 is 0 Å². The highest BCUT2D eigenvalue weighted by Crippen LogP contribution is 2.27. The van der Waals surface area contributed by atoms with Crippen molar-refractivity contribution in [2.45, 2.75) is 40.0 Å². The lowest BCUT2D eigenvalue weighted by molar-refractivity contribution is -0.116. The number of aryl methyl sites for hydroxylation is 1. The van der Waals surface area contributed by atoms with E-state index in [2.05, 4.69) is 31.4 Å². The van der Waals surface area contributed by atoms with Crippen LogP contribution in [-0.2, 0) is 10.2 Å². The van der Waals surface area contributed by atoms with Gasteiger partial charge in [0, 0.05) is 23.7 Å². The van der Waals surface area contributed by atoms with Gasteiger partial charge in [-0.3, -0.25) is 4.79 Å². The van der Waals surface area contributed by atoms with Gasteiger partial charge in [-0.2, -0.15) is 5.10 Å². The van der Waals surface area contributed by atoms with Crippen LogP contribution in [0.5, 0.6) is 0 Å². The summed E-state index contributed by atoms with van der Waals surface area (Å²) < 4.78 is 15.1. The fourth-order valence-electron chi connectivity index (χ4n) is 3.27. The van der Waals surface area contributed by atoms with E-state index in [4.69, 9.17) is 5.10 Å². The number of aromatic nitrogens is 2. The van der Waals surface area contributed by atoms with Gasteiger partial charge < -0.3 is 15.5 Å². The highest BCUT2D eigenvalue weighted by Gasteiger charge is 2.23. The maximum atomic E-state index is 13.4. The predicted molar refractivity (Wildman–Crippen MR) is 128 cm³/mol. The Morgan fingerprint density at radius 3 is 2.42 bits per heavy atom. The molecule has 33 heavy (non-hydrogen) atoms. The molecule has 2 N–H and O–H groups in total. The lowest BCUT2D eigenvalue weighted by atomic mass is 9.92. The Labute approximate surface area is 193 Å². The lowest BCUT2D eigenvalue weighted by Crippen LogP contribution is -2.40. The second kappa shape index (κ2) is 9.85. The minimum atomic E-state index is -0.485. The van der Waals surface area contributed by atoms with E-state index in [0.29, 0.717) is 18.1 Å². The third kappa shape index (κ3) is 5.97. The van der Waals surface area contributed by atoms with Crippen molar-refractivity contribution in [2.75, 3.05) is 23.7 Å². The highest BCUT2D eigenvalue weighted by molar-refractivity contribution is 5.96. The number of amides is 3. The summed E-state index contributed by atoms with van der Waals surface area (Å²) in [7, 11) is 0. The molecule has 1 aromatic heterocycles. The van der Waals surface area contributed by atoms with Crippen molar-refractivity contribution in [3.8, 4) is 5.69 Å². The minimum absolute atomic E-state index is 0.165. The molecule has 174 valence electrons. The number of rotatable bonds is 6. The number of urea groups is 1. The molecule has 0 aliphatic heterocycles. The number of anilines is 2. The van der Waals surface area contributed by atoms with Crippen molar-refractivity contribution in [3.63, 3.8) is 0 Å². The van der Waals surface area contributed by atoms with Gasteiger partial charge in [0.2, 0.25) is 5.91 Å². The van der Waals surface area contributed by atoms with Crippen molar-refractivity contribution in [1.82, 2.24) is 14.7 Å². The smallest absolute Gasteiger partial charge is 0.315 e. The quantitative estimate of drug-likeness (QED) is 0.547. The molecule has 0 bridgehead atoms. The van der Waals surface area contributed by atoms with Crippen LogP contribution in [0, 0.1) is 12.7 Å². The zero-order valence-electron chi connectivity index (χ0n) is 19.6. The number of carbonyl (C=O) groups excluding carboxylic acids is 2. The molecule has 0 aliphatic rings. The molecule has 1 heterocycles. The number of benzene rings is 2. The SMILES string of the molecule is CCN(CC(=O)Nc1cc(C(C)(C)C)nn1-c1ccccc1C)C(=O)Nc1cccc(F)c1. The molecular weight excluding hydrogens is 421 g/mol. The Bertz CT molecular complexity index is 1150. The normalized spacial score (nSPS) is 11.2. The monoisotopic (exact) mass is 451 g/mol. The molecular formula is C25H30FN5O2. The third-order valence-electron chi connectivity index (χ3n) is 5.17. The minimum Gasteiger partial charge on any atom is -0.315 e. The average molecular weight is 452 g/mol. The molecule has 0 radical (unpaired) electrons. The predicted octanol–water partition coefficient (Wildman–Crippen LogP) is 5.11. The molecule has 7 nitrogen and oxygen atoms in total. The topological polar surface area (TPSA) is 79.3 Å². The second-order valence-electron chi connectivity index (χ2n) is 8.87. The van der Waals surface area contributed by atoms with Crippen LogP contribution in [0.3, 0.4) is 0 Å². The van der Waals surface area contributed by atoms with E-state index in [9.17, 15) is 14.0 Å². The number of halogens is 1. The molecule has 3 amide bonds. The summed E-state index contributed by atoms with van der Waals surface area (Å²) in [4.78, 5) is 26.8. The Kier molecular flexibility index (Phi) is 7.16. The van der Waals surface area contributed by atoms with Gasteiger partial charge in [-0.25, -0.2) is 13.9 Å². The van der Waals surface area contributed by atoms with Crippen LogP contribution >= 0.6 is 0 Å². The zero-order valence-corrected chi connectivity index (χ0v) is 19.6. The molecule has 0 aliphatic carbocycles. The van der Waals surface area contributed by atoms with Gasteiger partial charge in [-0.05, 0) is 43.7 Å². The van der Waals surface area contributed by atoms with E-state index < -0.39 is 11.8 Å². The number of nitrogens with zero attached hydrogens (tertiary/aromatic N) is 3. The fourth-order valence-corrected chi connectivity index (χ4v) is 3.27. The largest absolute Gasteiger partial charge is 0.322 e. The molecule has 3 rings (SSSR count). The summed E-state index contributed by atoms with van der Waals surface area (Å²) in [6, 6.07) is 14.8. The maximum Gasteiger partial charge on any atom is 0.322 e. The van der Waals surface area contributed by atoms with Crippen LogP contribution in [0.2, 0.25) is 0 Å². The van der Waals surface area contributed by atoms with Gasteiger partial charge >= 0.3 is 6.03 Å². The molecule has 0 fully saturated rings. The Morgan fingerprint density at radius 1 is 1.06 bits per heavy atom. The van der Waals surface area contributed by atoms with Gasteiger partial charge in [0.25, 0.3) is 0 Å². The average Bonchev–Trinajstić information content (AvgIpc) is 3.16. The summed E-state index contributed by atoms with van der Waals surface area (Å²) in [6.07, 6.45) is 0. The molecule has 0 atom stereocenters. The van der Waals surface area contributed by atoms with Gasteiger partial charge in [-0.15, -0.1) is 0 Å². The molecule has 0 unspecified atom stereocenters. The van der Waals surface area contributed by atoms with Crippen LogP contribution in [0.1, 0.15) is 39.0 Å². The molecule has 0 spiro atoms. The van der Waals surface area contributed by atoms with Crippen LogP contribution in [0.25, 0.3) is 5.69 Å². The summed E-state index contributed by atoms with van der Waals surface area (Å²) in [6.45, 7) is 10.1. The Hall–Kier alpha value is -3.68. The second-order valence-corrected chi connectivity index (χ2v) is 8.87. The van der Waals surface area contributed by atoms with Crippen LogP contribution in [0.4, 0.5) is 20.7 Å². The van der Waals surface area contributed by atoms with Crippen LogP contribution in [0.15, 0.2) is 54.6 Å². The standard InChI is InChI=1S/C25H30FN5O2/c1-6-30(24(33)27-19-12-9-11-18(26)14-19)16-23(32)28-22-15-21(25(3,4)5)29-31(22)20-13-8-7-10-17(20)2/h7-15H,6,16H2,1-5H3,(H,27,33)(H,28,32). The third-order valence-corrected chi connectivity index (χ3v) is 5.17. The number of carbonyl (C=O) groups is 2.